The van der Waals surface area contributed by atoms with E-state index in [1.807, 2.05) is 12.1 Å². The van der Waals surface area contributed by atoms with Gasteiger partial charge in [0, 0.05) is 19.3 Å². The van der Waals surface area contributed by atoms with Gasteiger partial charge in [0.05, 0.1) is 18.0 Å². The van der Waals surface area contributed by atoms with Crippen molar-refractivity contribution in [1.29, 1.82) is 0 Å². The first-order valence-electron chi connectivity index (χ1n) is 8.02. The second-order valence-corrected chi connectivity index (χ2v) is 9.95. The Morgan fingerprint density at radius 1 is 1.35 bits per heavy atom. The number of rotatable bonds is 5. The number of benzene rings is 1. The fourth-order valence-corrected chi connectivity index (χ4v) is 5.72. The topological polar surface area (TPSA) is 66.9 Å². The largest absolute Gasteiger partial charge is 0.497 e. The predicted octanol–water partition coefficient (Wildman–Crippen LogP) is 3.01. The molecule has 2 heterocycles. The molecule has 0 aliphatic carbocycles. The van der Waals surface area contributed by atoms with Crippen molar-refractivity contribution in [2.45, 2.75) is 17.1 Å². The van der Waals surface area contributed by atoms with Crippen molar-refractivity contribution in [3.63, 3.8) is 0 Å². The summed E-state index contributed by atoms with van der Waals surface area (Å²) < 4.78 is 32.0. The van der Waals surface area contributed by atoms with Gasteiger partial charge in [0.25, 0.3) is 10.0 Å². The summed E-state index contributed by atoms with van der Waals surface area (Å²) >= 11 is 6.81. The summed E-state index contributed by atoms with van der Waals surface area (Å²) in [6.45, 7) is 0.334. The molecule has 0 bridgehead atoms. The molecule has 1 aromatic heterocycles. The third kappa shape index (κ3) is 3.73. The maximum atomic E-state index is 12.8. The summed E-state index contributed by atoms with van der Waals surface area (Å²) in [5.41, 5.74) is 1.84. The van der Waals surface area contributed by atoms with Gasteiger partial charge in [-0.1, -0.05) is 11.6 Å². The molecule has 0 N–H and O–H groups in total. The lowest BCUT2D eigenvalue weighted by molar-refractivity contribution is -0.118. The third-order valence-corrected chi connectivity index (χ3v) is 7.78. The minimum absolute atomic E-state index is 0.126. The Morgan fingerprint density at radius 2 is 2.12 bits per heavy atom. The quantitative estimate of drug-likeness (QED) is 0.754. The Labute approximate surface area is 162 Å². The van der Waals surface area contributed by atoms with Crippen LogP contribution in [-0.2, 0) is 21.2 Å². The van der Waals surface area contributed by atoms with E-state index in [2.05, 4.69) is 0 Å². The highest BCUT2D eigenvalue weighted by atomic mass is 35.5. The van der Waals surface area contributed by atoms with Gasteiger partial charge in [0.1, 0.15) is 9.96 Å². The molecule has 0 atom stereocenters. The molecule has 26 heavy (non-hydrogen) atoms. The zero-order valence-electron chi connectivity index (χ0n) is 14.4. The maximum Gasteiger partial charge on any atom is 0.252 e. The highest BCUT2D eigenvalue weighted by Gasteiger charge is 2.29. The van der Waals surface area contributed by atoms with Crippen LogP contribution in [0.5, 0.6) is 5.75 Å². The van der Waals surface area contributed by atoms with Gasteiger partial charge < -0.3 is 9.64 Å². The van der Waals surface area contributed by atoms with Gasteiger partial charge in [-0.2, -0.15) is 4.31 Å². The summed E-state index contributed by atoms with van der Waals surface area (Å²) in [4.78, 5) is 14.4. The molecular formula is C17H19ClN2O4S2. The number of carbonyl (C=O) groups excluding carboxylic acids is 1. The lowest BCUT2D eigenvalue weighted by atomic mass is 10.0. The van der Waals surface area contributed by atoms with Crippen LogP contribution in [0, 0.1) is 0 Å². The van der Waals surface area contributed by atoms with Crippen LogP contribution in [0.4, 0.5) is 5.69 Å². The number of likely N-dealkylation sites (N-methyl/N-ethyl adjacent to an activating group) is 1. The van der Waals surface area contributed by atoms with Crippen molar-refractivity contribution < 1.29 is 17.9 Å². The van der Waals surface area contributed by atoms with Crippen molar-refractivity contribution in [3.05, 3.63) is 40.2 Å². The number of ether oxygens (including phenoxy) is 1. The normalized spacial score (nSPS) is 14.4. The average Bonchev–Trinajstić information content (AvgIpc) is 3.07. The maximum absolute atomic E-state index is 12.8. The number of hydrogen-bond acceptors (Lipinski definition) is 5. The van der Waals surface area contributed by atoms with Crippen LogP contribution >= 0.6 is 22.9 Å². The Hall–Kier alpha value is -1.61. The van der Waals surface area contributed by atoms with Crippen LogP contribution in [0.25, 0.3) is 0 Å². The molecule has 3 rings (SSSR count). The molecular weight excluding hydrogens is 396 g/mol. The van der Waals surface area contributed by atoms with Gasteiger partial charge in [0.2, 0.25) is 5.91 Å². The summed E-state index contributed by atoms with van der Waals surface area (Å²) in [5.74, 6) is 0.483. The Kier molecular flexibility index (Phi) is 5.57. The second-order valence-electron chi connectivity index (χ2n) is 5.96. The first-order valence-corrected chi connectivity index (χ1v) is 10.7. The molecule has 1 aromatic carbocycles. The van der Waals surface area contributed by atoms with Crippen LogP contribution in [0.3, 0.4) is 0 Å². The van der Waals surface area contributed by atoms with Gasteiger partial charge >= 0.3 is 0 Å². The molecule has 9 heteroatoms. The second kappa shape index (κ2) is 7.56. The van der Waals surface area contributed by atoms with E-state index >= 15 is 0 Å². The molecule has 0 unspecified atom stereocenters. The summed E-state index contributed by atoms with van der Waals surface area (Å²) in [6, 6.07) is 8.55. The Bertz CT molecular complexity index is 927. The van der Waals surface area contributed by atoms with E-state index in [0.717, 1.165) is 45.5 Å². The molecule has 1 aliphatic rings. The minimum Gasteiger partial charge on any atom is -0.497 e. The lowest BCUT2D eigenvalue weighted by Crippen LogP contribution is -2.43. The number of aryl methyl sites for hydroxylation is 1. The number of carbonyl (C=O) groups is 1. The standard InChI is InChI=1S/C17H19ClN2O4S2/c1-19(26(22,23)17-8-7-15(18)25-17)11-16(21)20-9-3-4-12-10-13(24-2)5-6-14(12)20/h5-8,10H,3-4,9,11H2,1-2H3. The summed E-state index contributed by atoms with van der Waals surface area (Å²) in [7, 11) is -0.736. The first-order chi connectivity index (χ1) is 12.3. The van der Waals surface area contributed by atoms with Crippen molar-refractivity contribution in [2.24, 2.45) is 0 Å². The van der Waals surface area contributed by atoms with Gasteiger partial charge in [-0.15, -0.1) is 11.3 Å². The summed E-state index contributed by atoms with van der Waals surface area (Å²) in [6.07, 6.45) is 1.68. The van der Waals surface area contributed by atoms with Crippen molar-refractivity contribution in [3.8, 4) is 5.75 Å². The molecule has 0 fully saturated rings. The number of nitrogens with zero attached hydrogens (tertiary/aromatic N) is 2. The molecule has 1 aliphatic heterocycles. The van der Waals surface area contributed by atoms with Gasteiger partial charge in [-0.05, 0) is 48.7 Å². The van der Waals surface area contributed by atoms with Crippen LogP contribution in [-0.4, -0.2) is 45.9 Å². The Balaban J connectivity index is 1.79. The smallest absolute Gasteiger partial charge is 0.252 e. The van der Waals surface area contributed by atoms with Crippen LogP contribution in [0.2, 0.25) is 4.34 Å². The van der Waals surface area contributed by atoms with Gasteiger partial charge in [-0.3, -0.25) is 4.79 Å². The van der Waals surface area contributed by atoms with E-state index in [9.17, 15) is 13.2 Å². The SMILES string of the molecule is COc1ccc2c(c1)CCCN2C(=O)CN(C)S(=O)(=O)c1ccc(Cl)s1. The van der Waals surface area contributed by atoms with E-state index in [0.29, 0.717) is 10.9 Å². The van der Waals surface area contributed by atoms with Crippen LogP contribution in [0.15, 0.2) is 34.5 Å². The van der Waals surface area contributed by atoms with E-state index in [1.54, 1.807) is 18.1 Å². The molecule has 0 saturated heterocycles. The van der Waals surface area contributed by atoms with E-state index in [1.165, 1.54) is 19.2 Å². The zero-order valence-corrected chi connectivity index (χ0v) is 16.8. The van der Waals surface area contributed by atoms with Crippen LogP contribution in [0.1, 0.15) is 12.0 Å². The van der Waals surface area contributed by atoms with E-state index < -0.39 is 10.0 Å². The fraction of sp³-hybridized carbons (Fsp3) is 0.353. The molecule has 0 saturated carbocycles. The number of halogens is 1. The molecule has 1 amide bonds. The number of hydrogen-bond donors (Lipinski definition) is 0. The number of methoxy groups -OCH3 is 1. The number of anilines is 1. The average molecular weight is 415 g/mol. The molecule has 0 radical (unpaired) electrons. The van der Waals surface area contributed by atoms with Gasteiger partial charge in [0.15, 0.2) is 0 Å². The first kappa shape index (κ1) is 19.2. The number of amides is 1. The third-order valence-electron chi connectivity index (χ3n) is 4.28. The molecule has 0 spiro atoms. The highest BCUT2D eigenvalue weighted by molar-refractivity contribution is 7.91. The minimum atomic E-state index is -3.74. The van der Waals surface area contributed by atoms with E-state index in [-0.39, 0.29) is 16.7 Å². The fourth-order valence-electron chi connectivity index (χ4n) is 2.91. The van der Waals surface area contributed by atoms with E-state index in [4.69, 9.17) is 16.3 Å². The monoisotopic (exact) mass is 414 g/mol. The molecule has 140 valence electrons. The molecule has 6 nitrogen and oxygen atoms in total. The number of fused-ring (bicyclic) bond motifs is 1. The van der Waals surface area contributed by atoms with Crippen LogP contribution < -0.4 is 9.64 Å². The zero-order chi connectivity index (χ0) is 18.9. The Morgan fingerprint density at radius 3 is 2.77 bits per heavy atom. The highest BCUT2D eigenvalue weighted by Crippen LogP contribution is 2.31. The predicted molar refractivity (Wildman–Crippen MR) is 103 cm³/mol. The summed E-state index contributed by atoms with van der Waals surface area (Å²) in [5, 5.41) is 0. The van der Waals surface area contributed by atoms with Crippen molar-refractivity contribution >= 4 is 44.6 Å². The lowest BCUT2D eigenvalue weighted by Gasteiger charge is -2.31. The number of thiophene rings is 1. The van der Waals surface area contributed by atoms with Crippen molar-refractivity contribution in [1.82, 2.24) is 4.31 Å². The van der Waals surface area contributed by atoms with Crippen molar-refractivity contribution in [2.75, 3.05) is 32.1 Å². The number of sulfonamides is 1. The molecule has 2 aromatic rings. The van der Waals surface area contributed by atoms with Gasteiger partial charge in [-0.25, -0.2) is 8.42 Å².